The van der Waals surface area contributed by atoms with Gasteiger partial charge in [-0.3, -0.25) is 4.79 Å². The first-order chi connectivity index (χ1) is 9.49. The van der Waals surface area contributed by atoms with Crippen LogP contribution in [0.25, 0.3) is 0 Å². The van der Waals surface area contributed by atoms with Gasteiger partial charge in [0, 0.05) is 13.5 Å². The predicted molar refractivity (Wildman–Crippen MR) is 70.8 cm³/mol. The van der Waals surface area contributed by atoms with Gasteiger partial charge in [0.15, 0.2) is 11.5 Å². The second kappa shape index (κ2) is 5.81. The summed E-state index contributed by atoms with van der Waals surface area (Å²) in [6.45, 7) is 1.71. The van der Waals surface area contributed by atoms with Gasteiger partial charge in [0.1, 0.15) is 6.04 Å². The van der Waals surface area contributed by atoms with Crippen molar-refractivity contribution in [1.82, 2.24) is 4.90 Å². The van der Waals surface area contributed by atoms with Gasteiger partial charge in [-0.25, -0.2) is 4.79 Å². The highest BCUT2D eigenvalue weighted by Gasteiger charge is 2.21. The SMILES string of the molecule is CC(C(=O)O)N(C)C(=O)CCc1ccc2c(c1)OCO2. The van der Waals surface area contributed by atoms with E-state index in [1.165, 1.54) is 18.9 Å². The summed E-state index contributed by atoms with van der Waals surface area (Å²) in [5.74, 6) is 0.181. The average Bonchev–Trinajstić information content (AvgIpc) is 2.90. The largest absolute Gasteiger partial charge is 0.480 e. The Balaban J connectivity index is 1.92. The molecule has 1 atom stereocenters. The van der Waals surface area contributed by atoms with Crippen molar-refractivity contribution in [1.29, 1.82) is 0 Å². The molecule has 0 saturated heterocycles. The molecule has 0 saturated carbocycles. The van der Waals surface area contributed by atoms with Crippen LogP contribution in [0.1, 0.15) is 18.9 Å². The number of carbonyl (C=O) groups excluding carboxylic acids is 1. The topological polar surface area (TPSA) is 76.1 Å². The third-order valence-electron chi connectivity index (χ3n) is 3.40. The second-order valence-electron chi connectivity index (χ2n) is 4.71. The van der Waals surface area contributed by atoms with Crippen molar-refractivity contribution in [2.75, 3.05) is 13.8 Å². The Morgan fingerprint density at radius 1 is 1.35 bits per heavy atom. The van der Waals surface area contributed by atoms with Crippen LogP contribution in [-0.4, -0.2) is 41.8 Å². The van der Waals surface area contributed by atoms with E-state index in [9.17, 15) is 9.59 Å². The zero-order chi connectivity index (χ0) is 14.7. The Hall–Kier alpha value is -2.24. The van der Waals surface area contributed by atoms with Gasteiger partial charge in [-0.15, -0.1) is 0 Å². The monoisotopic (exact) mass is 279 g/mol. The number of carbonyl (C=O) groups is 2. The maximum atomic E-state index is 11.9. The Bertz CT molecular complexity index is 528. The number of hydrogen-bond donors (Lipinski definition) is 1. The molecule has 0 spiro atoms. The van der Waals surface area contributed by atoms with Gasteiger partial charge in [0.05, 0.1) is 0 Å². The first kappa shape index (κ1) is 14.2. The van der Waals surface area contributed by atoms with E-state index in [1.807, 2.05) is 18.2 Å². The smallest absolute Gasteiger partial charge is 0.326 e. The number of hydrogen-bond acceptors (Lipinski definition) is 4. The Morgan fingerprint density at radius 3 is 2.75 bits per heavy atom. The lowest BCUT2D eigenvalue weighted by Gasteiger charge is -2.21. The molecule has 0 radical (unpaired) electrons. The van der Waals surface area contributed by atoms with Crippen molar-refractivity contribution >= 4 is 11.9 Å². The average molecular weight is 279 g/mol. The summed E-state index contributed by atoms with van der Waals surface area (Å²) in [7, 11) is 1.50. The maximum Gasteiger partial charge on any atom is 0.326 e. The first-order valence-electron chi connectivity index (χ1n) is 6.36. The normalized spacial score (nSPS) is 13.9. The molecule has 2 rings (SSSR count). The van der Waals surface area contributed by atoms with Gasteiger partial charge in [-0.2, -0.15) is 0 Å². The maximum absolute atomic E-state index is 11.9. The summed E-state index contributed by atoms with van der Waals surface area (Å²) >= 11 is 0. The number of aliphatic carboxylic acids is 1. The van der Waals surface area contributed by atoms with Gasteiger partial charge < -0.3 is 19.5 Å². The van der Waals surface area contributed by atoms with Gasteiger partial charge in [0.25, 0.3) is 0 Å². The fourth-order valence-electron chi connectivity index (χ4n) is 1.91. The molecule has 1 heterocycles. The molecule has 1 aliphatic heterocycles. The first-order valence-corrected chi connectivity index (χ1v) is 6.36. The molecule has 1 aliphatic rings. The third kappa shape index (κ3) is 3.01. The lowest BCUT2D eigenvalue weighted by atomic mass is 10.1. The van der Waals surface area contributed by atoms with Gasteiger partial charge in [0.2, 0.25) is 12.7 Å². The predicted octanol–water partition coefficient (Wildman–Crippen LogP) is 1.28. The number of amides is 1. The number of carboxylic acids is 1. The van der Waals surface area contributed by atoms with Gasteiger partial charge >= 0.3 is 5.97 Å². The molecular formula is C14H17NO5. The van der Waals surface area contributed by atoms with E-state index in [-0.39, 0.29) is 19.1 Å². The van der Waals surface area contributed by atoms with Crippen molar-refractivity contribution in [3.8, 4) is 11.5 Å². The van der Waals surface area contributed by atoms with Crippen LogP contribution in [-0.2, 0) is 16.0 Å². The zero-order valence-electron chi connectivity index (χ0n) is 11.5. The lowest BCUT2D eigenvalue weighted by molar-refractivity contribution is -0.148. The van der Waals surface area contributed by atoms with E-state index < -0.39 is 12.0 Å². The van der Waals surface area contributed by atoms with E-state index in [4.69, 9.17) is 14.6 Å². The Kier molecular flexibility index (Phi) is 4.12. The minimum Gasteiger partial charge on any atom is -0.480 e. The molecule has 0 fully saturated rings. The van der Waals surface area contributed by atoms with Crippen LogP contribution in [0.15, 0.2) is 18.2 Å². The summed E-state index contributed by atoms with van der Waals surface area (Å²) in [6, 6.07) is 4.71. The minimum atomic E-state index is -1.01. The highest BCUT2D eigenvalue weighted by Crippen LogP contribution is 2.32. The minimum absolute atomic E-state index is 0.197. The quantitative estimate of drug-likeness (QED) is 0.878. The van der Waals surface area contributed by atoms with Crippen LogP contribution < -0.4 is 9.47 Å². The van der Waals surface area contributed by atoms with Crippen LogP contribution in [0.2, 0.25) is 0 Å². The Labute approximate surface area is 116 Å². The molecule has 0 aliphatic carbocycles. The molecule has 1 unspecified atom stereocenters. The second-order valence-corrected chi connectivity index (χ2v) is 4.71. The van der Waals surface area contributed by atoms with Gasteiger partial charge in [-0.1, -0.05) is 6.07 Å². The van der Waals surface area contributed by atoms with Crippen LogP contribution >= 0.6 is 0 Å². The van der Waals surface area contributed by atoms with Crippen molar-refractivity contribution in [2.45, 2.75) is 25.8 Å². The molecular weight excluding hydrogens is 262 g/mol. The molecule has 1 N–H and O–H groups in total. The van der Waals surface area contributed by atoms with E-state index in [0.29, 0.717) is 17.9 Å². The van der Waals surface area contributed by atoms with Crippen LogP contribution in [0, 0.1) is 0 Å². The molecule has 0 aromatic heterocycles. The molecule has 1 aromatic carbocycles. The number of ether oxygens (including phenoxy) is 2. The molecule has 6 nitrogen and oxygen atoms in total. The van der Waals surface area contributed by atoms with Gasteiger partial charge in [-0.05, 0) is 31.0 Å². The summed E-state index contributed by atoms with van der Waals surface area (Å²) in [6.07, 6.45) is 0.792. The van der Waals surface area contributed by atoms with E-state index in [2.05, 4.69) is 0 Å². The van der Waals surface area contributed by atoms with Crippen LogP contribution in [0.4, 0.5) is 0 Å². The summed E-state index contributed by atoms with van der Waals surface area (Å²) in [4.78, 5) is 24.0. The zero-order valence-corrected chi connectivity index (χ0v) is 11.5. The lowest BCUT2D eigenvalue weighted by Crippen LogP contribution is -2.40. The number of fused-ring (bicyclic) bond motifs is 1. The fraction of sp³-hybridized carbons (Fsp3) is 0.429. The number of likely N-dealkylation sites (N-methyl/N-ethyl adjacent to an activating group) is 1. The van der Waals surface area contributed by atoms with Crippen LogP contribution in [0.3, 0.4) is 0 Å². The summed E-state index contributed by atoms with van der Waals surface area (Å²) in [5, 5.41) is 8.87. The van der Waals surface area contributed by atoms with Crippen molar-refractivity contribution in [2.24, 2.45) is 0 Å². The Morgan fingerprint density at radius 2 is 2.05 bits per heavy atom. The van der Waals surface area contributed by atoms with Crippen molar-refractivity contribution in [3.63, 3.8) is 0 Å². The van der Waals surface area contributed by atoms with E-state index in [1.54, 1.807) is 0 Å². The van der Waals surface area contributed by atoms with E-state index >= 15 is 0 Å². The summed E-state index contributed by atoms with van der Waals surface area (Å²) < 4.78 is 10.5. The molecule has 1 amide bonds. The van der Waals surface area contributed by atoms with Crippen LogP contribution in [0.5, 0.6) is 11.5 Å². The molecule has 1 aromatic rings. The van der Waals surface area contributed by atoms with Crippen molar-refractivity contribution < 1.29 is 24.2 Å². The number of carboxylic acid groups (broad SMARTS) is 1. The molecule has 20 heavy (non-hydrogen) atoms. The molecule has 108 valence electrons. The number of benzene rings is 1. The highest BCUT2D eigenvalue weighted by atomic mass is 16.7. The molecule has 6 heteroatoms. The number of nitrogens with zero attached hydrogens (tertiary/aromatic N) is 1. The standard InChI is InChI=1S/C14H17NO5/c1-9(14(17)18)15(2)13(16)6-4-10-3-5-11-12(7-10)20-8-19-11/h3,5,7,9H,4,6,8H2,1-2H3,(H,17,18). The number of aryl methyl sites for hydroxylation is 1. The molecule has 0 bridgehead atoms. The highest BCUT2D eigenvalue weighted by molar-refractivity contribution is 5.83. The third-order valence-corrected chi connectivity index (χ3v) is 3.40. The summed E-state index contributed by atoms with van der Waals surface area (Å²) in [5.41, 5.74) is 0.957. The van der Waals surface area contributed by atoms with E-state index in [0.717, 1.165) is 5.56 Å². The van der Waals surface area contributed by atoms with Crippen molar-refractivity contribution in [3.05, 3.63) is 23.8 Å². The fourth-order valence-corrected chi connectivity index (χ4v) is 1.91. The number of rotatable bonds is 5.